The molecule has 0 aliphatic carbocycles. The van der Waals surface area contributed by atoms with Gasteiger partial charge in [-0.25, -0.2) is 8.42 Å². The lowest BCUT2D eigenvalue weighted by atomic mass is 9.87. The summed E-state index contributed by atoms with van der Waals surface area (Å²) in [5.41, 5.74) is 1.19. The van der Waals surface area contributed by atoms with Crippen LogP contribution in [0.1, 0.15) is 33.3 Å². The second-order valence-corrected chi connectivity index (χ2v) is 10.9. The first kappa shape index (κ1) is 17.5. The smallest absolute Gasteiger partial charge is 0.199 e. The molecule has 121 valence electrons. The third kappa shape index (κ3) is 3.08. The van der Waals surface area contributed by atoms with Crippen molar-refractivity contribution in [3.05, 3.63) is 35.7 Å². The van der Waals surface area contributed by atoms with Crippen LogP contribution in [0.4, 0.5) is 0 Å². The molecule has 0 fully saturated rings. The lowest BCUT2D eigenvalue weighted by Crippen LogP contribution is -2.47. The monoisotopic (exact) mass is 341 g/mol. The Morgan fingerprint density at radius 1 is 1.14 bits per heavy atom. The highest BCUT2D eigenvalue weighted by Gasteiger charge is 2.51. The van der Waals surface area contributed by atoms with Gasteiger partial charge in [0, 0.05) is 24.4 Å². The van der Waals surface area contributed by atoms with Crippen molar-refractivity contribution in [1.82, 2.24) is 10.0 Å². The Morgan fingerprint density at radius 3 is 2.18 bits per heavy atom. The maximum absolute atomic E-state index is 12.8. The number of hydrogen-bond donors (Lipinski definition) is 0. The summed E-state index contributed by atoms with van der Waals surface area (Å²) in [6.07, 6.45) is 4.55. The number of aromatic nitrogens is 1. The molecule has 22 heavy (non-hydrogen) atoms. The first-order valence-electron chi connectivity index (χ1n) is 6.94. The highest BCUT2D eigenvalue weighted by atomic mass is 33.1. The minimum absolute atomic E-state index is 0.283. The molecule has 0 unspecified atom stereocenters. The van der Waals surface area contributed by atoms with Crippen molar-refractivity contribution in [2.45, 2.75) is 38.8 Å². The molecule has 0 atom stereocenters. The summed E-state index contributed by atoms with van der Waals surface area (Å²) in [5.74, 6) is 0.283. The van der Waals surface area contributed by atoms with Crippen molar-refractivity contribution in [2.24, 2.45) is 0 Å². The van der Waals surface area contributed by atoms with Crippen LogP contribution in [0.3, 0.4) is 0 Å². The normalized spacial score (nSPS) is 21.4. The molecule has 5 nitrogen and oxygen atoms in total. The van der Waals surface area contributed by atoms with Gasteiger partial charge in [0.1, 0.15) is 0 Å². The average molecular weight is 341 g/mol. The lowest BCUT2D eigenvalue weighted by Gasteiger charge is -2.34. The second-order valence-electron chi connectivity index (χ2n) is 6.47. The first-order chi connectivity index (χ1) is 9.98. The molecule has 1 aromatic heterocycles. The molecule has 1 aromatic rings. The van der Waals surface area contributed by atoms with Crippen molar-refractivity contribution in [3.63, 3.8) is 0 Å². The standard InChI is InChI=1S/C15H21N2O3S2/c1-14(2)12(10-21-22(5,19)20)13(15(3,4)17(14)18)11-6-8-16-9-7-11/h6-9H,10H2,1-5H3. The summed E-state index contributed by atoms with van der Waals surface area (Å²) in [4.78, 5) is 4.01. The van der Waals surface area contributed by atoms with Gasteiger partial charge in [-0.15, -0.1) is 10.3 Å². The zero-order valence-corrected chi connectivity index (χ0v) is 15.1. The van der Waals surface area contributed by atoms with Gasteiger partial charge in [0.05, 0.1) is 11.1 Å². The molecule has 0 bridgehead atoms. The summed E-state index contributed by atoms with van der Waals surface area (Å²) < 4.78 is 23.0. The summed E-state index contributed by atoms with van der Waals surface area (Å²) >= 11 is 0. The largest absolute Gasteiger partial charge is 0.265 e. The van der Waals surface area contributed by atoms with Crippen LogP contribution in [0.5, 0.6) is 0 Å². The van der Waals surface area contributed by atoms with Crippen LogP contribution in [0.15, 0.2) is 30.1 Å². The summed E-state index contributed by atoms with van der Waals surface area (Å²) in [5, 5.41) is 13.8. The molecule has 1 radical (unpaired) electrons. The SMILES string of the molecule is CC1(C)C(CSS(C)(=O)=O)=C(c2ccncc2)C(C)(C)N1[O]. The van der Waals surface area contributed by atoms with Crippen molar-refractivity contribution in [1.29, 1.82) is 0 Å². The third-order valence-electron chi connectivity index (χ3n) is 4.05. The van der Waals surface area contributed by atoms with E-state index in [2.05, 4.69) is 4.98 Å². The zero-order chi connectivity index (χ0) is 16.8. The van der Waals surface area contributed by atoms with Crippen LogP contribution in [-0.4, -0.2) is 41.6 Å². The average Bonchev–Trinajstić information content (AvgIpc) is 2.54. The van der Waals surface area contributed by atoms with E-state index in [1.165, 1.54) is 6.26 Å². The Morgan fingerprint density at radius 2 is 1.68 bits per heavy atom. The number of hydrogen-bond acceptors (Lipinski definition) is 5. The molecule has 1 aliphatic heterocycles. The molecule has 0 saturated heterocycles. The maximum atomic E-state index is 12.8. The fraction of sp³-hybridized carbons (Fsp3) is 0.533. The summed E-state index contributed by atoms with van der Waals surface area (Å²) in [7, 11) is -2.31. The van der Waals surface area contributed by atoms with E-state index in [0.717, 1.165) is 32.6 Å². The van der Waals surface area contributed by atoms with Gasteiger partial charge in [0.2, 0.25) is 0 Å². The number of nitrogens with zero attached hydrogens (tertiary/aromatic N) is 2. The number of rotatable bonds is 4. The molecule has 1 aliphatic rings. The summed E-state index contributed by atoms with van der Waals surface area (Å²) in [6.45, 7) is 7.42. The van der Waals surface area contributed by atoms with Gasteiger partial charge < -0.3 is 0 Å². The third-order valence-corrected chi connectivity index (χ3v) is 6.53. The summed E-state index contributed by atoms with van der Waals surface area (Å²) in [6, 6.07) is 3.72. The molecule has 2 rings (SSSR count). The van der Waals surface area contributed by atoms with E-state index in [0.29, 0.717) is 0 Å². The Labute approximate surface area is 135 Å². The topological polar surface area (TPSA) is 70.2 Å². The van der Waals surface area contributed by atoms with Gasteiger partial charge >= 0.3 is 0 Å². The minimum Gasteiger partial charge on any atom is -0.265 e. The fourth-order valence-electron chi connectivity index (χ4n) is 3.06. The Kier molecular flexibility index (Phi) is 4.47. The van der Waals surface area contributed by atoms with E-state index in [4.69, 9.17) is 0 Å². The number of pyridine rings is 1. The van der Waals surface area contributed by atoms with E-state index in [9.17, 15) is 13.6 Å². The van der Waals surface area contributed by atoms with Crippen molar-refractivity contribution in [3.8, 4) is 0 Å². The second kappa shape index (κ2) is 5.63. The Bertz CT molecular complexity index is 695. The van der Waals surface area contributed by atoms with E-state index < -0.39 is 19.9 Å². The van der Waals surface area contributed by atoms with Crippen LogP contribution < -0.4 is 0 Å². The van der Waals surface area contributed by atoms with E-state index in [1.54, 1.807) is 12.4 Å². The molecule has 0 amide bonds. The van der Waals surface area contributed by atoms with Gasteiger partial charge in [-0.2, -0.15) is 0 Å². The molecule has 0 N–H and O–H groups in total. The molecule has 7 heteroatoms. The Hall–Kier alpha value is -0.890. The molecular formula is C15H21N2O3S2. The van der Waals surface area contributed by atoms with Crippen LogP contribution in [0.25, 0.3) is 5.57 Å². The molecule has 2 heterocycles. The number of hydroxylamine groups is 2. The van der Waals surface area contributed by atoms with E-state index in [-0.39, 0.29) is 5.75 Å². The molecular weight excluding hydrogens is 320 g/mol. The Balaban J connectivity index is 2.60. The molecule has 0 spiro atoms. The van der Waals surface area contributed by atoms with E-state index in [1.807, 2.05) is 39.8 Å². The predicted molar refractivity (Wildman–Crippen MR) is 89.1 cm³/mol. The first-order valence-corrected chi connectivity index (χ1v) is 10.3. The highest BCUT2D eigenvalue weighted by molar-refractivity contribution is 8.71. The minimum atomic E-state index is -3.17. The highest BCUT2D eigenvalue weighted by Crippen LogP contribution is 2.49. The predicted octanol–water partition coefficient (Wildman–Crippen LogP) is 2.75. The molecule has 0 aromatic carbocycles. The van der Waals surface area contributed by atoms with Crippen molar-refractivity contribution >= 4 is 25.2 Å². The van der Waals surface area contributed by atoms with Crippen LogP contribution in [-0.2, 0) is 14.1 Å². The van der Waals surface area contributed by atoms with Crippen molar-refractivity contribution < 1.29 is 13.6 Å². The van der Waals surface area contributed by atoms with Crippen LogP contribution >= 0.6 is 10.8 Å². The van der Waals surface area contributed by atoms with Gasteiger partial charge in [-0.3, -0.25) is 4.98 Å². The fourth-order valence-corrected chi connectivity index (χ4v) is 4.88. The maximum Gasteiger partial charge on any atom is 0.199 e. The van der Waals surface area contributed by atoms with Crippen LogP contribution in [0.2, 0.25) is 0 Å². The van der Waals surface area contributed by atoms with Crippen LogP contribution in [0, 0.1) is 0 Å². The lowest BCUT2D eigenvalue weighted by molar-refractivity contribution is -0.236. The van der Waals surface area contributed by atoms with Gasteiger partial charge in [-0.1, -0.05) is 0 Å². The quantitative estimate of drug-likeness (QED) is 0.788. The van der Waals surface area contributed by atoms with Gasteiger partial charge in [-0.05, 0) is 67.3 Å². The van der Waals surface area contributed by atoms with E-state index >= 15 is 0 Å². The van der Waals surface area contributed by atoms with Gasteiger partial charge in [0.25, 0.3) is 0 Å². The van der Waals surface area contributed by atoms with Gasteiger partial charge in [0.15, 0.2) is 8.87 Å². The molecule has 0 saturated carbocycles. The zero-order valence-electron chi connectivity index (χ0n) is 13.5. The van der Waals surface area contributed by atoms with Crippen molar-refractivity contribution in [2.75, 3.05) is 12.0 Å².